The minimum atomic E-state index is -0.278. The molecule has 0 saturated heterocycles. The van der Waals surface area contributed by atoms with Crippen LogP contribution in [0.5, 0.6) is 0 Å². The van der Waals surface area contributed by atoms with Gasteiger partial charge in [-0.05, 0) is 0 Å². The van der Waals surface area contributed by atoms with E-state index in [0.29, 0.717) is 6.61 Å². The molecular formula is C5H11O3. The molecule has 3 heteroatoms. The third-order valence-corrected chi connectivity index (χ3v) is 0.872. The Morgan fingerprint density at radius 2 is 2.12 bits per heavy atom. The fourth-order valence-electron chi connectivity index (χ4n) is 0.370. The lowest BCUT2D eigenvalue weighted by Crippen LogP contribution is -2.20. The van der Waals surface area contributed by atoms with Crippen LogP contribution in [0.25, 0.3) is 0 Å². The summed E-state index contributed by atoms with van der Waals surface area (Å²) >= 11 is 0. The van der Waals surface area contributed by atoms with Gasteiger partial charge in [-0.25, -0.2) is 5.11 Å². The lowest BCUT2D eigenvalue weighted by Gasteiger charge is -2.07. The highest BCUT2D eigenvalue weighted by Gasteiger charge is 2.02. The summed E-state index contributed by atoms with van der Waals surface area (Å²) < 4.78 is 9.36. The molecule has 0 bridgehead atoms. The predicted molar refractivity (Wildman–Crippen MR) is 28.2 cm³/mol. The summed E-state index contributed by atoms with van der Waals surface area (Å²) in [5, 5.41) is 10.0. The fourth-order valence-corrected chi connectivity index (χ4v) is 0.370. The third-order valence-electron chi connectivity index (χ3n) is 0.872. The molecule has 0 aliphatic heterocycles. The van der Waals surface area contributed by atoms with E-state index in [0.717, 1.165) is 0 Å². The van der Waals surface area contributed by atoms with Crippen molar-refractivity contribution in [3.8, 4) is 0 Å². The summed E-state index contributed by atoms with van der Waals surface area (Å²) in [6, 6.07) is 0. The molecule has 1 atom stereocenters. The largest absolute Gasteiger partial charge is 0.382 e. The van der Waals surface area contributed by atoms with Gasteiger partial charge in [-0.3, -0.25) is 0 Å². The molecule has 0 amide bonds. The summed E-state index contributed by atoms with van der Waals surface area (Å²) in [6.45, 7) is 0.157. The first kappa shape index (κ1) is 7.88. The van der Waals surface area contributed by atoms with Crippen molar-refractivity contribution < 1.29 is 14.6 Å². The first-order valence-electron chi connectivity index (χ1n) is 2.45. The molecule has 0 fully saturated rings. The number of hydrogen-bond donors (Lipinski definition) is 0. The van der Waals surface area contributed by atoms with Gasteiger partial charge in [-0.15, -0.1) is 0 Å². The van der Waals surface area contributed by atoms with E-state index in [1.54, 1.807) is 7.11 Å². The molecule has 0 N–H and O–H groups in total. The maximum absolute atomic E-state index is 10.0. The second-order valence-electron chi connectivity index (χ2n) is 1.48. The third kappa shape index (κ3) is 2.96. The van der Waals surface area contributed by atoms with Crippen LogP contribution in [-0.4, -0.2) is 33.5 Å². The van der Waals surface area contributed by atoms with E-state index >= 15 is 0 Å². The van der Waals surface area contributed by atoms with Gasteiger partial charge >= 0.3 is 0 Å². The van der Waals surface area contributed by atoms with Crippen molar-refractivity contribution in [2.24, 2.45) is 0 Å². The maximum atomic E-state index is 10.0. The lowest BCUT2D eigenvalue weighted by atomic mass is 10.4. The summed E-state index contributed by atoms with van der Waals surface area (Å²) in [5.41, 5.74) is 0. The highest BCUT2D eigenvalue weighted by molar-refractivity contribution is 4.49. The number of rotatable bonds is 4. The molecular weight excluding hydrogens is 108 g/mol. The zero-order valence-electron chi connectivity index (χ0n) is 5.22. The Bertz CT molecular complexity index is 42.9. The molecule has 8 heavy (non-hydrogen) atoms. The summed E-state index contributed by atoms with van der Waals surface area (Å²) in [4.78, 5) is 0. The van der Waals surface area contributed by atoms with Crippen molar-refractivity contribution in [1.29, 1.82) is 0 Å². The number of hydrogen-bond acceptors (Lipinski definition) is 2. The Balaban J connectivity index is 3.07. The molecule has 0 aliphatic rings. The van der Waals surface area contributed by atoms with Gasteiger partial charge in [0.1, 0.15) is 12.7 Å². The summed E-state index contributed by atoms with van der Waals surface area (Å²) in [7, 11) is 3.04. The van der Waals surface area contributed by atoms with E-state index in [9.17, 15) is 5.11 Å². The van der Waals surface area contributed by atoms with E-state index in [-0.39, 0.29) is 12.7 Å². The molecule has 0 aromatic carbocycles. The van der Waals surface area contributed by atoms with Crippen molar-refractivity contribution >= 4 is 0 Å². The predicted octanol–water partition coefficient (Wildman–Crippen LogP) is 0.0783. The standard InChI is InChI=1S/C5H11O3/c1-7-4-5(3-6)8-2/h5H,3-4H2,1-2H3. The van der Waals surface area contributed by atoms with Gasteiger partial charge in [0.05, 0.1) is 6.61 Å². The molecule has 49 valence electrons. The molecule has 1 radical (unpaired) electrons. The van der Waals surface area contributed by atoms with Crippen LogP contribution < -0.4 is 0 Å². The van der Waals surface area contributed by atoms with Gasteiger partial charge < -0.3 is 9.47 Å². The molecule has 0 saturated carbocycles. The van der Waals surface area contributed by atoms with Gasteiger partial charge in [-0.1, -0.05) is 0 Å². The SMILES string of the molecule is COCC(C[O])OC. The van der Waals surface area contributed by atoms with Crippen LogP contribution in [0.15, 0.2) is 0 Å². The smallest absolute Gasteiger partial charge is 0.111 e. The topological polar surface area (TPSA) is 38.4 Å². The first-order chi connectivity index (χ1) is 3.85. The average Bonchev–Trinajstić information content (AvgIpc) is 1.83. The number of methoxy groups -OCH3 is 2. The molecule has 3 nitrogen and oxygen atoms in total. The van der Waals surface area contributed by atoms with Crippen LogP contribution in [-0.2, 0) is 14.6 Å². The van der Waals surface area contributed by atoms with Crippen molar-refractivity contribution in [1.82, 2.24) is 0 Å². The van der Waals surface area contributed by atoms with Crippen molar-refractivity contribution in [3.63, 3.8) is 0 Å². The van der Waals surface area contributed by atoms with E-state index in [1.807, 2.05) is 0 Å². The molecule has 0 heterocycles. The zero-order chi connectivity index (χ0) is 6.41. The second-order valence-corrected chi connectivity index (χ2v) is 1.48. The Morgan fingerprint density at radius 3 is 2.25 bits per heavy atom. The lowest BCUT2D eigenvalue weighted by molar-refractivity contribution is -0.0240. The van der Waals surface area contributed by atoms with Crippen LogP contribution in [0.3, 0.4) is 0 Å². The Morgan fingerprint density at radius 1 is 1.50 bits per heavy atom. The molecule has 1 unspecified atom stereocenters. The van der Waals surface area contributed by atoms with Crippen LogP contribution in [0.4, 0.5) is 0 Å². The minimum Gasteiger partial charge on any atom is -0.382 e. The highest BCUT2D eigenvalue weighted by atomic mass is 16.5. The van der Waals surface area contributed by atoms with E-state index in [2.05, 4.69) is 4.74 Å². The van der Waals surface area contributed by atoms with Gasteiger partial charge in [-0.2, -0.15) is 0 Å². The van der Waals surface area contributed by atoms with Crippen molar-refractivity contribution in [3.05, 3.63) is 0 Å². The minimum absolute atomic E-state index is 0.232. The monoisotopic (exact) mass is 119 g/mol. The van der Waals surface area contributed by atoms with Gasteiger partial charge in [0, 0.05) is 14.2 Å². The Labute approximate surface area is 49.2 Å². The zero-order valence-corrected chi connectivity index (χ0v) is 5.22. The van der Waals surface area contributed by atoms with Gasteiger partial charge in [0.15, 0.2) is 0 Å². The van der Waals surface area contributed by atoms with Gasteiger partial charge in [0.2, 0.25) is 0 Å². The van der Waals surface area contributed by atoms with Gasteiger partial charge in [0.25, 0.3) is 0 Å². The average molecular weight is 119 g/mol. The van der Waals surface area contributed by atoms with Crippen LogP contribution in [0.1, 0.15) is 0 Å². The molecule has 0 rings (SSSR count). The van der Waals surface area contributed by atoms with Crippen LogP contribution in [0, 0.1) is 0 Å². The molecule has 0 aromatic heterocycles. The second kappa shape index (κ2) is 5.03. The summed E-state index contributed by atoms with van der Waals surface area (Å²) in [5.74, 6) is 0. The van der Waals surface area contributed by atoms with Crippen molar-refractivity contribution in [2.75, 3.05) is 27.4 Å². The first-order valence-corrected chi connectivity index (χ1v) is 2.45. The molecule has 0 spiro atoms. The molecule has 0 aromatic rings. The van der Waals surface area contributed by atoms with Crippen LogP contribution in [0.2, 0.25) is 0 Å². The molecule has 0 aliphatic carbocycles. The Kier molecular flexibility index (Phi) is 4.95. The Hall–Kier alpha value is -0.120. The number of ether oxygens (including phenoxy) is 2. The highest BCUT2D eigenvalue weighted by Crippen LogP contribution is 1.86. The van der Waals surface area contributed by atoms with Crippen molar-refractivity contribution in [2.45, 2.75) is 6.10 Å². The van der Waals surface area contributed by atoms with E-state index < -0.39 is 0 Å². The normalized spacial score (nSPS) is 13.9. The van der Waals surface area contributed by atoms with E-state index in [1.165, 1.54) is 7.11 Å². The van der Waals surface area contributed by atoms with E-state index in [4.69, 9.17) is 4.74 Å². The quantitative estimate of drug-likeness (QED) is 0.525. The fraction of sp³-hybridized carbons (Fsp3) is 1.00. The van der Waals surface area contributed by atoms with Crippen LogP contribution >= 0.6 is 0 Å². The maximum Gasteiger partial charge on any atom is 0.111 e. The summed E-state index contributed by atoms with van der Waals surface area (Å²) in [6.07, 6.45) is -0.278.